The maximum atomic E-state index is 12.0. The molecule has 0 spiro atoms. The smallest absolute Gasteiger partial charge is 0.334 e. The highest BCUT2D eigenvalue weighted by molar-refractivity contribution is 5.91. The summed E-state index contributed by atoms with van der Waals surface area (Å²) in [5, 5.41) is 0. The number of rotatable bonds is 2. The highest BCUT2D eigenvalue weighted by Gasteiger charge is 2.40. The van der Waals surface area contributed by atoms with Crippen molar-refractivity contribution in [2.24, 2.45) is 5.92 Å². The largest absolute Gasteiger partial charge is 0.458 e. The Kier molecular flexibility index (Phi) is 5.82. The van der Waals surface area contributed by atoms with Crippen LogP contribution in [0.15, 0.2) is 35.5 Å². The van der Waals surface area contributed by atoms with E-state index in [1.807, 2.05) is 19.9 Å². The average molecular weight is 348 g/mol. The van der Waals surface area contributed by atoms with Crippen LogP contribution in [-0.2, 0) is 28.6 Å². The molecule has 2 rings (SSSR count). The van der Waals surface area contributed by atoms with E-state index in [0.717, 1.165) is 11.1 Å². The second-order valence-corrected chi connectivity index (χ2v) is 6.53. The highest BCUT2D eigenvalue weighted by Crippen LogP contribution is 2.35. The molecule has 0 aromatic rings. The highest BCUT2D eigenvalue weighted by atomic mass is 16.6. The van der Waals surface area contributed by atoms with Crippen molar-refractivity contribution in [3.8, 4) is 0 Å². The van der Waals surface area contributed by atoms with Gasteiger partial charge in [0, 0.05) is 31.8 Å². The van der Waals surface area contributed by atoms with Gasteiger partial charge >= 0.3 is 17.9 Å². The molecule has 1 saturated heterocycles. The van der Waals surface area contributed by atoms with E-state index in [2.05, 4.69) is 6.58 Å². The van der Waals surface area contributed by atoms with Gasteiger partial charge in [0.05, 0.1) is 0 Å². The molecule has 0 aromatic carbocycles. The van der Waals surface area contributed by atoms with E-state index in [1.54, 1.807) is 6.08 Å². The van der Waals surface area contributed by atoms with Crippen LogP contribution in [0.5, 0.6) is 0 Å². The Balaban J connectivity index is 2.41. The topological polar surface area (TPSA) is 78.9 Å². The predicted octanol–water partition coefficient (Wildman–Crippen LogP) is 2.63. The first kappa shape index (κ1) is 19.0. The van der Waals surface area contributed by atoms with Crippen LogP contribution in [0.1, 0.15) is 40.5 Å². The maximum Gasteiger partial charge on any atom is 0.334 e. The van der Waals surface area contributed by atoms with E-state index in [9.17, 15) is 14.4 Å². The SMILES string of the molecule is C=C1C(=O)O[C@H]2/C=C(\C)[C@@H](OC(C)=O)C/C=C(\C)[C@H](OC(C)=O)C[C@@H]12. The lowest BCUT2D eigenvalue weighted by molar-refractivity contribution is -0.145. The summed E-state index contributed by atoms with van der Waals surface area (Å²) in [5.74, 6) is -1.54. The fourth-order valence-electron chi connectivity index (χ4n) is 3.13. The summed E-state index contributed by atoms with van der Waals surface area (Å²) in [6.45, 7) is 10.2. The molecule has 0 N–H and O–H groups in total. The van der Waals surface area contributed by atoms with E-state index in [-0.39, 0.29) is 11.9 Å². The molecule has 6 heteroatoms. The zero-order valence-electron chi connectivity index (χ0n) is 15.0. The Morgan fingerprint density at radius 2 is 1.72 bits per heavy atom. The standard InChI is InChI=1S/C19H24O6/c1-10-6-7-16(23-13(4)20)11(2)8-18-15(12(3)19(22)25-18)9-17(10)24-14(5)21/h6,8,15-18H,3,7,9H2,1-2,4-5H3/b10-6+,11-8+/t15-,16-,17+,18-/m0/s1. The third kappa shape index (κ3) is 4.59. The minimum absolute atomic E-state index is 0.300. The summed E-state index contributed by atoms with van der Waals surface area (Å²) in [6, 6.07) is 0. The first-order chi connectivity index (χ1) is 11.7. The van der Waals surface area contributed by atoms with Gasteiger partial charge < -0.3 is 14.2 Å². The molecular weight excluding hydrogens is 324 g/mol. The van der Waals surface area contributed by atoms with Crippen LogP contribution in [0, 0.1) is 5.92 Å². The van der Waals surface area contributed by atoms with Crippen LogP contribution in [0.25, 0.3) is 0 Å². The molecule has 4 atom stereocenters. The lowest BCUT2D eigenvalue weighted by Gasteiger charge is -2.26. The fourth-order valence-corrected chi connectivity index (χ4v) is 3.13. The van der Waals surface area contributed by atoms with Gasteiger partial charge in [0.25, 0.3) is 0 Å². The lowest BCUT2D eigenvalue weighted by atomic mass is 9.86. The van der Waals surface area contributed by atoms with Crippen LogP contribution in [0.2, 0.25) is 0 Å². The summed E-state index contributed by atoms with van der Waals surface area (Å²) in [5.41, 5.74) is 2.01. The van der Waals surface area contributed by atoms with Crippen molar-refractivity contribution in [3.63, 3.8) is 0 Å². The molecular formula is C19H24O6. The van der Waals surface area contributed by atoms with Gasteiger partial charge in [-0.3, -0.25) is 9.59 Å². The molecule has 1 fully saturated rings. The molecule has 0 aromatic heterocycles. The van der Waals surface area contributed by atoms with Gasteiger partial charge in [-0.25, -0.2) is 4.79 Å². The van der Waals surface area contributed by atoms with Crippen LogP contribution in [-0.4, -0.2) is 36.2 Å². The number of esters is 3. The summed E-state index contributed by atoms with van der Waals surface area (Å²) in [7, 11) is 0. The molecule has 0 unspecified atom stereocenters. The molecule has 0 amide bonds. The van der Waals surface area contributed by atoms with Gasteiger partial charge in [-0.1, -0.05) is 12.7 Å². The minimum Gasteiger partial charge on any atom is -0.458 e. The monoisotopic (exact) mass is 348 g/mol. The van der Waals surface area contributed by atoms with Crippen molar-refractivity contribution in [1.82, 2.24) is 0 Å². The third-order valence-electron chi connectivity index (χ3n) is 4.53. The van der Waals surface area contributed by atoms with Crippen LogP contribution >= 0.6 is 0 Å². The molecule has 0 radical (unpaired) electrons. The summed E-state index contributed by atoms with van der Waals surface area (Å²) < 4.78 is 16.2. The average Bonchev–Trinajstić information content (AvgIpc) is 2.76. The van der Waals surface area contributed by atoms with Crippen LogP contribution in [0.3, 0.4) is 0 Å². The zero-order valence-corrected chi connectivity index (χ0v) is 15.0. The first-order valence-electron chi connectivity index (χ1n) is 8.28. The van der Waals surface area contributed by atoms with Crippen molar-refractivity contribution < 1.29 is 28.6 Å². The second-order valence-electron chi connectivity index (χ2n) is 6.53. The Labute approximate surface area is 147 Å². The summed E-state index contributed by atoms with van der Waals surface area (Å²) >= 11 is 0. The summed E-state index contributed by atoms with van der Waals surface area (Å²) in [6.07, 6.45) is 3.11. The minimum atomic E-state index is -0.512. The number of fused-ring (bicyclic) bond motifs is 1. The van der Waals surface area contributed by atoms with Crippen molar-refractivity contribution in [2.45, 2.75) is 58.8 Å². The number of hydrogen-bond donors (Lipinski definition) is 0. The van der Waals surface area contributed by atoms with Gasteiger partial charge in [0.2, 0.25) is 0 Å². The van der Waals surface area contributed by atoms with Crippen molar-refractivity contribution >= 4 is 17.9 Å². The normalized spacial score (nSPS) is 33.9. The van der Waals surface area contributed by atoms with Gasteiger partial charge in [0.15, 0.2) is 0 Å². The summed E-state index contributed by atoms with van der Waals surface area (Å²) in [4.78, 5) is 34.8. The molecule has 6 nitrogen and oxygen atoms in total. The molecule has 1 aliphatic carbocycles. The Bertz CT molecular complexity index is 657. The van der Waals surface area contributed by atoms with E-state index in [1.165, 1.54) is 13.8 Å². The van der Waals surface area contributed by atoms with Crippen LogP contribution < -0.4 is 0 Å². The van der Waals surface area contributed by atoms with Gasteiger partial charge in [-0.2, -0.15) is 0 Å². The number of carbonyl (C=O) groups is 3. The van der Waals surface area contributed by atoms with Crippen LogP contribution in [0.4, 0.5) is 0 Å². The third-order valence-corrected chi connectivity index (χ3v) is 4.53. The van der Waals surface area contributed by atoms with Crippen molar-refractivity contribution in [3.05, 3.63) is 35.5 Å². The van der Waals surface area contributed by atoms with E-state index in [4.69, 9.17) is 14.2 Å². The van der Waals surface area contributed by atoms with E-state index < -0.39 is 30.3 Å². The molecule has 2 aliphatic rings. The number of hydrogen-bond acceptors (Lipinski definition) is 6. The Morgan fingerprint density at radius 3 is 2.32 bits per heavy atom. The van der Waals surface area contributed by atoms with Gasteiger partial charge in [-0.05, 0) is 37.5 Å². The van der Waals surface area contributed by atoms with Gasteiger partial charge in [0.1, 0.15) is 18.3 Å². The second kappa shape index (κ2) is 7.68. The van der Waals surface area contributed by atoms with Gasteiger partial charge in [-0.15, -0.1) is 0 Å². The number of ether oxygens (including phenoxy) is 3. The van der Waals surface area contributed by atoms with E-state index in [0.29, 0.717) is 18.4 Å². The quantitative estimate of drug-likeness (QED) is 0.330. The Hall–Kier alpha value is -2.37. The van der Waals surface area contributed by atoms with Crippen molar-refractivity contribution in [1.29, 1.82) is 0 Å². The fraction of sp³-hybridized carbons (Fsp3) is 0.526. The predicted molar refractivity (Wildman–Crippen MR) is 90.4 cm³/mol. The molecule has 0 bridgehead atoms. The lowest BCUT2D eigenvalue weighted by Crippen LogP contribution is -2.28. The van der Waals surface area contributed by atoms with E-state index >= 15 is 0 Å². The molecule has 25 heavy (non-hydrogen) atoms. The maximum absolute atomic E-state index is 12.0. The number of carbonyl (C=O) groups excluding carboxylic acids is 3. The first-order valence-corrected chi connectivity index (χ1v) is 8.28. The molecule has 1 heterocycles. The molecule has 0 saturated carbocycles. The molecule has 136 valence electrons. The van der Waals surface area contributed by atoms with Crippen molar-refractivity contribution in [2.75, 3.05) is 0 Å². The molecule has 1 aliphatic heterocycles. The zero-order chi connectivity index (χ0) is 18.7. The Morgan fingerprint density at radius 1 is 1.12 bits per heavy atom.